The molecule has 1 saturated carbocycles. The van der Waals surface area contributed by atoms with E-state index in [1.54, 1.807) is 0 Å². The Hall–Kier alpha value is -1.06. The summed E-state index contributed by atoms with van der Waals surface area (Å²) in [6.45, 7) is 5.69. The first-order chi connectivity index (χ1) is 10.1. The molecule has 3 rings (SSSR count). The number of likely N-dealkylation sites (N-methyl/N-ethyl adjacent to an activating group) is 2. The fourth-order valence-electron chi connectivity index (χ4n) is 3.42. The van der Waals surface area contributed by atoms with Crippen molar-refractivity contribution in [2.75, 3.05) is 32.1 Å². The van der Waals surface area contributed by atoms with E-state index in [2.05, 4.69) is 54.3 Å². The Bertz CT molecular complexity index is 481. The Balaban J connectivity index is 1.65. The maximum absolute atomic E-state index is 3.60. The zero-order valence-corrected chi connectivity index (χ0v) is 13.7. The number of nitrogens with zero attached hydrogens (tertiary/aromatic N) is 2. The summed E-state index contributed by atoms with van der Waals surface area (Å²) in [7, 11) is 4.49. The van der Waals surface area contributed by atoms with Gasteiger partial charge in [0.05, 0.1) is 0 Å². The summed E-state index contributed by atoms with van der Waals surface area (Å²) in [5.41, 5.74) is 4.21. The molecular formula is C18H29N3. The topological polar surface area (TPSA) is 18.5 Å². The number of rotatable bonds is 5. The zero-order valence-electron chi connectivity index (χ0n) is 13.7. The van der Waals surface area contributed by atoms with E-state index in [1.165, 1.54) is 55.6 Å². The number of piperidine rings is 1. The average molecular weight is 287 g/mol. The predicted molar refractivity (Wildman–Crippen MR) is 90.0 cm³/mol. The normalized spacial score (nSPS) is 23.3. The average Bonchev–Trinajstić information content (AvgIpc) is 3.29. The van der Waals surface area contributed by atoms with Crippen LogP contribution in [0.4, 0.5) is 5.69 Å². The van der Waals surface area contributed by atoms with Gasteiger partial charge in [0.1, 0.15) is 0 Å². The molecule has 1 aromatic carbocycles. The number of benzene rings is 1. The number of likely N-dealkylation sites (tertiary alicyclic amines) is 1. The Morgan fingerprint density at radius 2 is 2.10 bits per heavy atom. The molecule has 2 aliphatic rings. The summed E-state index contributed by atoms with van der Waals surface area (Å²) >= 11 is 0. The van der Waals surface area contributed by atoms with Crippen LogP contribution in [0.5, 0.6) is 0 Å². The Morgan fingerprint density at radius 3 is 2.76 bits per heavy atom. The molecule has 1 unspecified atom stereocenters. The highest BCUT2D eigenvalue weighted by atomic mass is 15.2. The van der Waals surface area contributed by atoms with Gasteiger partial charge in [-0.15, -0.1) is 0 Å². The number of hydrogen-bond acceptors (Lipinski definition) is 3. The first-order valence-electron chi connectivity index (χ1n) is 8.38. The molecule has 0 aromatic heterocycles. The standard InChI is InChI=1S/C18H29N3/c1-14-11-15(12-19-16-7-8-16)6-9-18(14)21(3)17-5-4-10-20(2)13-17/h6,9,11,16-17,19H,4-5,7-8,10,12-13H2,1-3H3. The second-order valence-corrected chi connectivity index (χ2v) is 6.95. The van der Waals surface area contributed by atoms with Gasteiger partial charge >= 0.3 is 0 Å². The van der Waals surface area contributed by atoms with E-state index in [-0.39, 0.29) is 0 Å². The van der Waals surface area contributed by atoms with E-state index in [4.69, 9.17) is 0 Å². The molecule has 1 atom stereocenters. The molecule has 21 heavy (non-hydrogen) atoms. The summed E-state index contributed by atoms with van der Waals surface area (Å²) in [6.07, 6.45) is 5.34. The van der Waals surface area contributed by atoms with Gasteiger partial charge in [-0.25, -0.2) is 0 Å². The highest BCUT2D eigenvalue weighted by Gasteiger charge is 2.23. The molecule has 1 saturated heterocycles. The first-order valence-corrected chi connectivity index (χ1v) is 8.38. The Morgan fingerprint density at radius 1 is 1.29 bits per heavy atom. The van der Waals surface area contributed by atoms with Crippen LogP contribution in [0.15, 0.2) is 18.2 Å². The van der Waals surface area contributed by atoms with Crippen molar-refractivity contribution in [1.82, 2.24) is 10.2 Å². The Labute approximate surface area is 129 Å². The molecule has 2 fully saturated rings. The second kappa shape index (κ2) is 6.37. The summed E-state index contributed by atoms with van der Waals surface area (Å²) < 4.78 is 0. The van der Waals surface area contributed by atoms with E-state index in [0.717, 1.165) is 12.6 Å². The van der Waals surface area contributed by atoms with Crippen LogP contribution in [-0.2, 0) is 6.54 Å². The van der Waals surface area contributed by atoms with Crippen LogP contribution < -0.4 is 10.2 Å². The number of anilines is 1. The zero-order chi connectivity index (χ0) is 14.8. The van der Waals surface area contributed by atoms with Gasteiger partial charge in [-0.1, -0.05) is 12.1 Å². The van der Waals surface area contributed by atoms with Gasteiger partial charge in [0.25, 0.3) is 0 Å². The van der Waals surface area contributed by atoms with Gasteiger partial charge in [0.2, 0.25) is 0 Å². The molecule has 1 N–H and O–H groups in total. The fraction of sp³-hybridized carbons (Fsp3) is 0.667. The highest BCUT2D eigenvalue weighted by Crippen LogP contribution is 2.26. The second-order valence-electron chi connectivity index (χ2n) is 6.95. The van der Waals surface area contributed by atoms with E-state index < -0.39 is 0 Å². The minimum atomic E-state index is 0.651. The van der Waals surface area contributed by atoms with Gasteiger partial charge < -0.3 is 15.1 Å². The Kier molecular flexibility index (Phi) is 4.51. The lowest BCUT2D eigenvalue weighted by molar-refractivity contribution is 0.248. The number of aryl methyl sites for hydroxylation is 1. The van der Waals surface area contributed by atoms with E-state index in [1.807, 2.05) is 0 Å². The molecule has 1 aliphatic carbocycles. The maximum atomic E-state index is 3.60. The van der Waals surface area contributed by atoms with Crippen LogP contribution in [0.25, 0.3) is 0 Å². The first kappa shape index (κ1) is 14.9. The summed E-state index contributed by atoms with van der Waals surface area (Å²) in [5, 5.41) is 3.60. The van der Waals surface area contributed by atoms with Crippen molar-refractivity contribution in [2.24, 2.45) is 0 Å². The summed E-state index contributed by atoms with van der Waals surface area (Å²) in [5.74, 6) is 0. The van der Waals surface area contributed by atoms with Crippen LogP contribution in [0.1, 0.15) is 36.8 Å². The van der Waals surface area contributed by atoms with Crippen LogP contribution in [0, 0.1) is 6.92 Å². The SMILES string of the molecule is Cc1cc(CNC2CC2)ccc1N(C)C1CCCN(C)C1. The van der Waals surface area contributed by atoms with Gasteiger partial charge in [0, 0.05) is 37.9 Å². The largest absolute Gasteiger partial charge is 0.370 e. The maximum Gasteiger partial charge on any atom is 0.0414 e. The smallest absolute Gasteiger partial charge is 0.0414 e. The molecule has 0 radical (unpaired) electrons. The van der Waals surface area contributed by atoms with Crippen molar-refractivity contribution < 1.29 is 0 Å². The highest BCUT2D eigenvalue weighted by molar-refractivity contribution is 5.54. The van der Waals surface area contributed by atoms with Crippen molar-refractivity contribution >= 4 is 5.69 Å². The molecule has 116 valence electrons. The van der Waals surface area contributed by atoms with Crippen molar-refractivity contribution in [1.29, 1.82) is 0 Å². The van der Waals surface area contributed by atoms with Crippen molar-refractivity contribution in [2.45, 2.75) is 51.2 Å². The minimum Gasteiger partial charge on any atom is -0.370 e. The molecule has 1 aromatic rings. The third-order valence-electron chi connectivity index (χ3n) is 4.96. The van der Waals surface area contributed by atoms with Crippen LogP contribution in [-0.4, -0.2) is 44.2 Å². The molecule has 1 aliphatic heterocycles. The molecule has 0 spiro atoms. The van der Waals surface area contributed by atoms with Crippen LogP contribution >= 0.6 is 0 Å². The van der Waals surface area contributed by atoms with Gasteiger partial charge in [0.15, 0.2) is 0 Å². The van der Waals surface area contributed by atoms with Gasteiger partial charge in [-0.05, 0) is 63.4 Å². The van der Waals surface area contributed by atoms with Crippen molar-refractivity contribution in [3.8, 4) is 0 Å². The van der Waals surface area contributed by atoms with E-state index in [0.29, 0.717) is 6.04 Å². The molecule has 0 amide bonds. The summed E-state index contributed by atoms with van der Waals surface area (Å²) in [6, 6.07) is 8.39. The monoisotopic (exact) mass is 287 g/mol. The summed E-state index contributed by atoms with van der Waals surface area (Å²) in [4.78, 5) is 4.94. The quantitative estimate of drug-likeness (QED) is 0.898. The predicted octanol–water partition coefficient (Wildman–Crippen LogP) is 2.78. The van der Waals surface area contributed by atoms with E-state index >= 15 is 0 Å². The third kappa shape index (κ3) is 3.78. The molecule has 3 nitrogen and oxygen atoms in total. The van der Waals surface area contributed by atoms with E-state index in [9.17, 15) is 0 Å². The minimum absolute atomic E-state index is 0.651. The van der Waals surface area contributed by atoms with Gasteiger partial charge in [-0.2, -0.15) is 0 Å². The molecule has 0 bridgehead atoms. The number of nitrogens with one attached hydrogen (secondary N) is 1. The lowest BCUT2D eigenvalue weighted by Gasteiger charge is -2.37. The van der Waals surface area contributed by atoms with Crippen LogP contribution in [0.2, 0.25) is 0 Å². The molecule has 3 heteroatoms. The molecule has 1 heterocycles. The molecular weight excluding hydrogens is 258 g/mol. The van der Waals surface area contributed by atoms with Gasteiger partial charge in [-0.3, -0.25) is 0 Å². The third-order valence-corrected chi connectivity index (χ3v) is 4.96. The van der Waals surface area contributed by atoms with Crippen molar-refractivity contribution in [3.05, 3.63) is 29.3 Å². The van der Waals surface area contributed by atoms with Crippen LogP contribution in [0.3, 0.4) is 0 Å². The number of hydrogen-bond donors (Lipinski definition) is 1. The fourth-order valence-corrected chi connectivity index (χ4v) is 3.42. The lowest BCUT2D eigenvalue weighted by atomic mass is 10.0. The lowest BCUT2D eigenvalue weighted by Crippen LogP contribution is -2.45. The van der Waals surface area contributed by atoms with Crippen molar-refractivity contribution in [3.63, 3.8) is 0 Å².